The third-order valence-electron chi connectivity index (χ3n) is 3.99. The number of alkyl halides is 2. The van der Waals surface area contributed by atoms with E-state index in [0.29, 0.717) is 12.2 Å². The van der Waals surface area contributed by atoms with Crippen LogP contribution >= 0.6 is 0 Å². The summed E-state index contributed by atoms with van der Waals surface area (Å²) in [7, 11) is -4.68. The van der Waals surface area contributed by atoms with Gasteiger partial charge in [-0.1, -0.05) is 0 Å². The molecule has 0 spiro atoms. The number of nitrogens with zero attached hydrogens (tertiary/aromatic N) is 2. The molecule has 1 unspecified atom stereocenters. The zero-order valence-electron chi connectivity index (χ0n) is 13.6. The van der Waals surface area contributed by atoms with Crippen molar-refractivity contribution >= 4 is 21.4 Å². The smallest absolute Gasteiger partial charge is 0.341 e. The Labute approximate surface area is 148 Å². The molecule has 1 saturated heterocycles. The number of nitrogens with one attached hydrogen (secondary N) is 1. The lowest BCUT2D eigenvalue weighted by atomic mass is 10.2. The van der Waals surface area contributed by atoms with Crippen molar-refractivity contribution in [2.75, 3.05) is 11.9 Å². The minimum atomic E-state index is -4.68. The number of carbonyl (C=O) groups is 1. The fourth-order valence-electron chi connectivity index (χ4n) is 2.63. The molecule has 140 valence electrons. The Morgan fingerprint density at radius 1 is 1.35 bits per heavy atom. The average Bonchev–Trinajstić information content (AvgIpc) is 3.27. The minimum absolute atomic E-state index is 0.114. The predicted molar refractivity (Wildman–Crippen MR) is 88.8 cm³/mol. The first-order valence-corrected chi connectivity index (χ1v) is 9.48. The second-order valence-electron chi connectivity index (χ2n) is 5.87. The first-order valence-electron chi connectivity index (χ1n) is 7.94. The Hall–Kier alpha value is -2.33. The van der Waals surface area contributed by atoms with E-state index in [4.69, 9.17) is 4.74 Å². The van der Waals surface area contributed by atoms with Crippen LogP contribution in [0.5, 0.6) is 0 Å². The molecule has 1 N–H and O–H groups in total. The third kappa shape index (κ3) is 4.07. The van der Waals surface area contributed by atoms with E-state index in [2.05, 4.69) is 10.4 Å². The van der Waals surface area contributed by atoms with Crippen molar-refractivity contribution in [1.82, 2.24) is 9.78 Å². The highest BCUT2D eigenvalue weighted by Gasteiger charge is 2.26. The molecule has 0 radical (unpaired) electrons. The lowest BCUT2D eigenvalue weighted by molar-refractivity contribution is 0.0940. The summed E-state index contributed by atoms with van der Waals surface area (Å²) in [5.41, 5.74) is 0.613. The standard InChI is InChI=1S/C16H17F2N3O4S/c17-16(18)26(23,24)14-5-3-11(4-6-14)15(22)20-12-8-19-21(9-12)10-13-2-1-7-25-13/h3-6,8-9,13,16H,1-2,7,10H2,(H,20,22). The van der Waals surface area contributed by atoms with Gasteiger partial charge >= 0.3 is 5.76 Å². The molecule has 1 amide bonds. The van der Waals surface area contributed by atoms with Crippen LogP contribution in [0.1, 0.15) is 23.2 Å². The summed E-state index contributed by atoms with van der Waals surface area (Å²) in [5.74, 6) is -4.00. The maximum atomic E-state index is 12.5. The predicted octanol–water partition coefficient (Wildman–Crippen LogP) is 2.31. The maximum absolute atomic E-state index is 12.5. The number of carbonyl (C=O) groups excluding carboxylic acids is 1. The van der Waals surface area contributed by atoms with Gasteiger partial charge in [-0.15, -0.1) is 0 Å². The molecule has 26 heavy (non-hydrogen) atoms. The van der Waals surface area contributed by atoms with E-state index in [1.165, 1.54) is 18.3 Å². The molecule has 1 aliphatic rings. The zero-order valence-corrected chi connectivity index (χ0v) is 14.5. The summed E-state index contributed by atoms with van der Waals surface area (Å²) < 4.78 is 55.0. The summed E-state index contributed by atoms with van der Waals surface area (Å²) in [6, 6.07) is 4.33. The summed E-state index contributed by atoms with van der Waals surface area (Å²) in [4.78, 5) is 11.7. The number of halogens is 2. The Balaban J connectivity index is 1.64. The van der Waals surface area contributed by atoms with Crippen molar-refractivity contribution in [1.29, 1.82) is 0 Å². The van der Waals surface area contributed by atoms with Gasteiger partial charge < -0.3 is 10.1 Å². The highest BCUT2D eigenvalue weighted by molar-refractivity contribution is 7.91. The molecule has 3 rings (SSSR count). The van der Waals surface area contributed by atoms with Crippen LogP contribution in [0.4, 0.5) is 14.5 Å². The van der Waals surface area contributed by atoms with E-state index < -0.39 is 26.4 Å². The molecular formula is C16H17F2N3O4S. The lowest BCUT2D eigenvalue weighted by Crippen LogP contribution is -2.15. The zero-order chi connectivity index (χ0) is 18.7. The summed E-state index contributed by atoms with van der Waals surface area (Å²) in [5, 5.41) is 6.78. The number of hydrogen-bond acceptors (Lipinski definition) is 5. The summed E-state index contributed by atoms with van der Waals surface area (Å²) in [6.45, 7) is 1.34. The van der Waals surface area contributed by atoms with E-state index in [0.717, 1.165) is 31.6 Å². The van der Waals surface area contributed by atoms with E-state index in [1.54, 1.807) is 10.9 Å². The maximum Gasteiger partial charge on any atom is 0.341 e. The number of ether oxygens (including phenoxy) is 1. The van der Waals surface area contributed by atoms with Crippen molar-refractivity contribution in [3.63, 3.8) is 0 Å². The average molecular weight is 385 g/mol. The number of amides is 1. The van der Waals surface area contributed by atoms with Crippen molar-refractivity contribution in [3.8, 4) is 0 Å². The Bertz CT molecular complexity index is 875. The van der Waals surface area contributed by atoms with Gasteiger partial charge in [0.1, 0.15) is 0 Å². The molecule has 0 saturated carbocycles. The van der Waals surface area contributed by atoms with Crippen molar-refractivity contribution in [2.45, 2.75) is 36.1 Å². The van der Waals surface area contributed by atoms with Gasteiger partial charge in [0.15, 0.2) is 0 Å². The number of aromatic nitrogens is 2. The van der Waals surface area contributed by atoms with Crippen LogP contribution in [0.25, 0.3) is 0 Å². The molecule has 7 nitrogen and oxygen atoms in total. The van der Waals surface area contributed by atoms with E-state index >= 15 is 0 Å². The molecule has 10 heteroatoms. The molecule has 2 aromatic rings. The van der Waals surface area contributed by atoms with E-state index in [-0.39, 0.29) is 11.7 Å². The highest BCUT2D eigenvalue weighted by Crippen LogP contribution is 2.19. The van der Waals surface area contributed by atoms with Crippen LogP contribution in [0, 0.1) is 0 Å². The SMILES string of the molecule is O=C(Nc1cnn(CC2CCCO2)c1)c1ccc(S(=O)(=O)C(F)F)cc1. The topological polar surface area (TPSA) is 90.3 Å². The molecule has 1 atom stereocenters. The van der Waals surface area contributed by atoms with Crippen LogP contribution in [-0.2, 0) is 21.1 Å². The van der Waals surface area contributed by atoms with Gasteiger partial charge in [-0.2, -0.15) is 13.9 Å². The van der Waals surface area contributed by atoms with Gasteiger partial charge in [0.25, 0.3) is 5.91 Å². The summed E-state index contributed by atoms with van der Waals surface area (Å²) in [6.07, 6.45) is 5.25. The monoisotopic (exact) mass is 385 g/mol. The van der Waals surface area contributed by atoms with Gasteiger partial charge in [-0.3, -0.25) is 9.48 Å². The molecule has 0 aliphatic carbocycles. The fraction of sp³-hybridized carbons (Fsp3) is 0.375. The van der Waals surface area contributed by atoms with Crippen molar-refractivity contribution in [3.05, 3.63) is 42.2 Å². The quantitative estimate of drug-likeness (QED) is 0.824. The van der Waals surface area contributed by atoms with Crippen LogP contribution in [0.2, 0.25) is 0 Å². The number of benzene rings is 1. The van der Waals surface area contributed by atoms with Crippen LogP contribution < -0.4 is 5.32 Å². The molecule has 1 fully saturated rings. The molecular weight excluding hydrogens is 368 g/mol. The van der Waals surface area contributed by atoms with E-state index in [9.17, 15) is 22.0 Å². The Morgan fingerprint density at radius 2 is 2.08 bits per heavy atom. The van der Waals surface area contributed by atoms with Gasteiger partial charge in [0, 0.05) is 18.4 Å². The third-order valence-corrected chi connectivity index (χ3v) is 5.38. The number of anilines is 1. The van der Waals surface area contributed by atoms with Gasteiger partial charge in [0.2, 0.25) is 9.84 Å². The molecule has 2 heterocycles. The van der Waals surface area contributed by atoms with Crippen LogP contribution in [0.15, 0.2) is 41.6 Å². The Morgan fingerprint density at radius 3 is 2.69 bits per heavy atom. The molecule has 1 aromatic carbocycles. The molecule has 0 bridgehead atoms. The second-order valence-corrected chi connectivity index (χ2v) is 7.79. The van der Waals surface area contributed by atoms with Crippen molar-refractivity contribution < 1.29 is 26.7 Å². The van der Waals surface area contributed by atoms with Crippen molar-refractivity contribution in [2.24, 2.45) is 0 Å². The van der Waals surface area contributed by atoms with E-state index in [1.807, 2.05) is 0 Å². The normalized spacial score (nSPS) is 17.6. The van der Waals surface area contributed by atoms with Crippen LogP contribution in [0.3, 0.4) is 0 Å². The second kappa shape index (κ2) is 7.50. The number of hydrogen-bond donors (Lipinski definition) is 1. The minimum Gasteiger partial charge on any atom is -0.376 e. The summed E-state index contributed by atoms with van der Waals surface area (Å²) >= 11 is 0. The first kappa shape index (κ1) is 18.5. The van der Waals surface area contributed by atoms with Gasteiger partial charge in [0.05, 0.1) is 29.4 Å². The first-order chi connectivity index (χ1) is 12.4. The number of sulfone groups is 1. The molecule has 1 aromatic heterocycles. The highest BCUT2D eigenvalue weighted by atomic mass is 32.2. The lowest BCUT2D eigenvalue weighted by Gasteiger charge is -2.08. The number of rotatable bonds is 6. The fourth-order valence-corrected chi connectivity index (χ4v) is 3.35. The largest absolute Gasteiger partial charge is 0.376 e. The molecule has 1 aliphatic heterocycles. The Kier molecular flexibility index (Phi) is 5.33. The van der Waals surface area contributed by atoms with Crippen LogP contribution in [-0.4, -0.2) is 42.6 Å². The van der Waals surface area contributed by atoms with Gasteiger partial charge in [-0.05, 0) is 37.1 Å². The van der Waals surface area contributed by atoms with Gasteiger partial charge in [-0.25, -0.2) is 8.42 Å².